The van der Waals surface area contributed by atoms with Gasteiger partial charge in [0.25, 0.3) is 0 Å². The van der Waals surface area contributed by atoms with Crippen molar-refractivity contribution in [2.24, 2.45) is 0 Å². The molecule has 0 bridgehead atoms. The van der Waals surface area contributed by atoms with Crippen molar-refractivity contribution in [2.45, 2.75) is 24.8 Å². The Kier molecular flexibility index (Phi) is 6.35. The Hall–Kier alpha value is -1.21. The average molecular weight is 398 g/mol. The van der Waals surface area contributed by atoms with Gasteiger partial charge in [-0.25, -0.2) is 13.1 Å². The number of aryl methyl sites for hydroxylation is 1. The van der Waals surface area contributed by atoms with Gasteiger partial charge < -0.3 is 5.32 Å². The Morgan fingerprint density at radius 2 is 1.70 bits per heavy atom. The van der Waals surface area contributed by atoms with Crippen molar-refractivity contribution in [2.75, 3.05) is 13.1 Å². The average Bonchev–Trinajstić information content (AvgIpc) is 2.52. The van der Waals surface area contributed by atoms with Gasteiger partial charge >= 0.3 is 0 Å². The normalized spacial score (nSPS) is 13.0. The highest BCUT2D eigenvalue weighted by molar-refractivity contribution is 9.10. The number of nitrogens with two attached hydrogens (primary N) is 1. The van der Waals surface area contributed by atoms with Crippen molar-refractivity contribution in [3.63, 3.8) is 0 Å². The van der Waals surface area contributed by atoms with E-state index in [4.69, 9.17) is 0 Å². The van der Waals surface area contributed by atoms with E-state index in [1.807, 2.05) is 19.1 Å². The molecule has 0 unspecified atom stereocenters. The Morgan fingerprint density at radius 3 is 2.30 bits per heavy atom. The summed E-state index contributed by atoms with van der Waals surface area (Å²) in [5.41, 5.74) is 2.26. The van der Waals surface area contributed by atoms with Crippen molar-refractivity contribution < 1.29 is 13.7 Å². The summed E-state index contributed by atoms with van der Waals surface area (Å²) in [5, 5.41) is 2.13. The van der Waals surface area contributed by atoms with Crippen LogP contribution in [0.15, 0.2) is 57.9 Å². The van der Waals surface area contributed by atoms with E-state index >= 15 is 0 Å². The van der Waals surface area contributed by atoms with Gasteiger partial charge in [-0.2, -0.15) is 0 Å². The van der Waals surface area contributed by atoms with Crippen LogP contribution >= 0.6 is 15.9 Å². The summed E-state index contributed by atoms with van der Waals surface area (Å²) in [4.78, 5) is 0.309. The van der Waals surface area contributed by atoms with E-state index in [9.17, 15) is 8.42 Å². The van der Waals surface area contributed by atoms with Crippen molar-refractivity contribution in [1.82, 2.24) is 4.72 Å². The molecule has 2 rings (SSSR count). The molecule has 2 aromatic carbocycles. The molecular weight excluding hydrogens is 376 g/mol. The second-order valence-electron chi connectivity index (χ2n) is 5.58. The third-order valence-electron chi connectivity index (χ3n) is 3.68. The molecule has 0 aliphatic rings. The number of hydrogen-bond donors (Lipinski definition) is 2. The smallest absolute Gasteiger partial charge is 0.240 e. The number of quaternary nitrogens is 1. The van der Waals surface area contributed by atoms with Gasteiger partial charge in [0, 0.05) is 10.0 Å². The first kappa shape index (κ1) is 18.1. The first-order valence-corrected chi connectivity index (χ1v) is 9.81. The first-order chi connectivity index (χ1) is 10.9. The maximum Gasteiger partial charge on any atom is 0.240 e. The SMILES string of the molecule is Cc1ccc(S(=O)(=O)NCC[NH2+][C@@H](C)c2ccc(Br)cc2)cc1. The maximum atomic E-state index is 12.2. The van der Waals surface area contributed by atoms with Gasteiger partial charge in [0.05, 0.1) is 18.0 Å². The molecule has 2 aromatic rings. The minimum atomic E-state index is -3.42. The molecule has 0 aliphatic carbocycles. The van der Waals surface area contributed by atoms with E-state index in [1.54, 1.807) is 24.3 Å². The number of sulfonamides is 1. The Labute approximate surface area is 146 Å². The van der Waals surface area contributed by atoms with Crippen LogP contribution in [0, 0.1) is 6.92 Å². The van der Waals surface area contributed by atoms with Crippen LogP contribution < -0.4 is 10.0 Å². The minimum absolute atomic E-state index is 0.284. The zero-order valence-corrected chi connectivity index (χ0v) is 15.7. The topological polar surface area (TPSA) is 62.8 Å². The molecule has 0 radical (unpaired) electrons. The predicted octanol–water partition coefficient (Wildman–Crippen LogP) is 2.36. The van der Waals surface area contributed by atoms with Crippen LogP contribution in [-0.4, -0.2) is 21.5 Å². The molecule has 4 nitrogen and oxygen atoms in total. The Morgan fingerprint density at radius 1 is 1.09 bits per heavy atom. The number of hydrogen-bond acceptors (Lipinski definition) is 2. The van der Waals surface area contributed by atoms with E-state index in [1.165, 1.54) is 5.56 Å². The molecule has 1 atom stereocenters. The summed E-state index contributed by atoms with van der Waals surface area (Å²) in [6.07, 6.45) is 0. The van der Waals surface area contributed by atoms with Crippen LogP contribution in [0.1, 0.15) is 24.1 Å². The lowest BCUT2D eigenvalue weighted by Gasteiger charge is -2.12. The van der Waals surface area contributed by atoms with Crippen LogP contribution in [0.3, 0.4) is 0 Å². The summed E-state index contributed by atoms with van der Waals surface area (Å²) in [6.45, 7) is 5.12. The molecule has 124 valence electrons. The van der Waals surface area contributed by atoms with Gasteiger partial charge in [0.2, 0.25) is 10.0 Å². The molecule has 0 saturated heterocycles. The van der Waals surface area contributed by atoms with Crippen molar-refractivity contribution in [3.05, 3.63) is 64.1 Å². The van der Waals surface area contributed by atoms with E-state index in [-0.39, 0.29) is 6.04 Å². The molecule has 0 aromatic heterocycles. The number of nitrogens with one attached hydrogen (secondary N) is 1. The van der Waals surface area contributed by atoms with Gasteiger partial charge in [0.1, 0.15) is 6.04 Å². The van der Waals surface area contributed by atoms with Crippen LogP contribution in [-0.2, 0) is 10.0 Å². The van der Waals surface area contributed by atoms with Gasteiger partial charge in [-0.3, -0.25) is 0 Å². The molecule has 3 N–H and O–H groups in total. The zero-order valence-electron chi connectivity index (χ0n) is 13.3. The lowest BCUT2D eigenvalue weighted by Crippen LogP contribution is -2.86. The molecular formula is C17H22BrN2O2S+. The fourth-order valence-electron chi connectivity index (χ4n) is 2.23. The fraction of sp³-hybridized carbons (Fsp3) is 0.294. The summed E-state index contributed by atoms with van der Waals surface area (Å²) >= 11 is 3.42. The maximum absolute atomic E-state index is 12.2. The molecule has 0 aliphatic heterocycles. The molecule has 6 heteroatoms. The molecule has 0 heterocycles. The quantitative estimate of drug-likeness (QED) is 0.704. The molecule has 0 fully saturated rings. The summed E-state index contributed by atoms with van der Waals surface area (Å²) in [6, 6.07) is 15.3. The summed E-state index contributed by atoms with van der Waals surface area (Å²) in [5.74, 6) is 0. The second kappa shape index (κ2) is 8.06. The molecule has 23 heavy (non-hydrogen) atoms. The monoisotopic (exact) mass is 397 g/mol. The van der Waals surface area contributed by atoms with Crippen molar-refractivity contribution >= 4 is 26.0 Å². The van der Waals surface area contributed by atoms with E-state index in [0.717, 1.165) is 10.0 Å². The lowest BCUT2D eigenvalue weighted by molar-refractivity contribution is -0.690. The van der Waals surface area contributed by atoms with Crippen molar-refractivity contribution in [1.29, 1.82) is 0 Å². The third kappa shape index (κ3) is 5.42. The Balaban J connectivity index is 1.82. The van der Waals surface area contributed by atoms with E-state index < -0.39 is 10.0 Å². The van der Waals surface area contributed by atoms with E-state index in [0.29, 0.717) is 18.0 Å². The highest BCUT2D eigenvalue weighted by Crippen LogP contribution is 2.14. The predicted molar refractivity (Wildman–Crippen MR) is 95.7 cm³/mol. The fourth-order valence-corrected chi connectivity index (χ4v) is 3.54. The van der Waals surface area contributed by atoms with Gasteiger partial charge in [-0.05, 0) is 38.1 Å². The zero-order chi connectivity index (χ0) is 16.9. The standard InChI is InChI=1S/C17H21BrN2O2S/c1-13-3-9-17(10-4-13)23(21,22)20-12-11-19-14(2)15-5-7-16(18)8-6-15/h3-10,14,19-20H,11-12H2,1-2H3/p+1/t14-/m0/s1. The van der Waals surface area contributed by atoms with Crippen LogP contribution in [0.5, 0.6) is 0 Å². The summed E-state index contributed by atoms with van der Waals surface area (Å²) < 4.78 is 28.0. The van der Waals surface area contributed by atoms with Crippen LogP contribution in [0.4, 0.5) is 0 Å². The Bertz CT molecular complexity index is 728. The molecule has 0 amide bonds. The molecule has 0 saturated carbocycles. The highest BCUT2D eigenvalue weighted by Gasteiger charge is 2.14. The lowest BCUT2D eigenvalue weighted by atomic mass is 10.1. The minimum Gasteiger partial charge on any atom is -0.339 e. The number of halogens is 1. The number of benzene rings is 2. The highest BCUT2D eigenvalue weighted by atomic mass is 79.9. The third-order valence-corrected chi connectivity index (χ3v) is 5.69. The largest absolute Gasteiger partial charge is 0.339 e. The van der Waals surface area contributed by atoms with E-state index in [2.05, 4.69) is 45.0 Å². The van der Waals surface area contributed by atoms with Crippen molar-refractivity contribution in [3.8, 4) is 0 Å². The van der Waals surface area contributed by atoms with Gasteiger partial charge in [0.15, 0.2) is 0 Å². The van der Waals surface area contributed by atoms with Crippen LogP contribution in [0.2, 0.25) is 0 Å². The van der Waals surface area contributed by atoms with Crippen LogP contribution in [0.25, 0.3) is 0 Å². The number of rotatable bonds is 7. The second-order valence-corrected chi connectivity index (χ2v) is 8.26. The van der Waals surface area contributed by atoms with Gasteiger partial charge in [-0.1, -0.05) is 45.8 Å². The first-order valence-electron chi connectivity index (χ1n) is 7.53. The molecule has 0 spiro atoms. The summed E-state index contributed by atoms with van der Waals surface area (Å²) in [7, 11) is -3.42. The van der Waals surface area contributed by atoms with Gasteiger partial charge in [-0.15, -0.1) is 0 Å².